The van der Waals surface area contributed by atoms with Crippen LogP contribution in [0.3, 0.4) is 0 Å². The molecule has 0 spiro atoms. The molecule has 1 aromatic heterocycles. The van der Waals surface area contributed by atoms with Crippen LogP contribution in [-0.4, -0.2) is 40.0 Å². The summed E-state index contributed by atoms with van der Waals surface area (Å²) in [7, 11) is 1.84. The fourth-order valence-corrected chi connectivity index (χ4v) is 2.66. The number of aromatic nitrogens is 3. The first kappa shape index (κ1) is 15.7. The monoisotopic (exact) mass is 309 g/mol. The number of piperidine rings is 1. The quantitative estimate of drug-likeness (QED) is 0.872. The van der Waals surface area contributed by atoms with Crippen molar-refractivity contribution in [3.63, 3.8) is 0 Å². The van der Waals surface area contributed by atoms with Gasteiger partial charge in [0.25, 0.3) is 5.91 Å². The van der Waals surface area contributed by atoms with Gasteiger partial charge in [0.15, 0.2) is 0 Å². The third-order valence-electron chi connectivity index (χ3n) is 3.97. The van der Waals surface area contributed by atoms with E-state index >= 15 is 0 Å². The van der Waals surface area contributed by atoms with Crippen LogP contribution in [0, 0.1) is 5.92 Å². The molecular weight excluding hydrogens is 290 g/mol. The van der Waals surface area contributed by atoms with Crippen molar-refractivity contribution in [2.75, 3.05) is 13.1 Å². The van der Waals surface area contributed by atoms with Crippen molar-refractivity contribution in [2.24, 2.45) is 13.0 Å². The lowest BCUT2D eigenvalue weighted by molar-refractivity contribution is 0.0914. The Hall–Kier alpha value is -1.66. The number of nitrogens with one attached hydrogen (secondary N) is 2. The third kappa shape index (κ3) is 3.16. The van der Waals surface area contributed by atoms with E-state index in [1.54, 1.807) is 10.7 Å². The second-order valence-corrected chi connectivity index (χ2v) is 5.47. The molecule has 1 aliphatic rings. The number of halogens is 1. The molecule has 2 atom stereocenters. The summed E-state index contributed by atoms with van der Waals surface area (Å²) in [6.07, 6.45) is 0.973. The number of carbonyl (C=O) groups excluding carboxylic acids is 1. The van der Waals surface area contributed by atoms with Crippen molar-refractivity contribution in [3.8, 4) is 0 Å². The minimum Gasteiger partial charge on any atom is -0.349 e. The van der Waals surface area contributed by atoms with Gasteiger partial charge in [-0.15, -0.1) is 17.5 Å². The van der Waals surface area contributed by atoms with Gasteiger partial charge in [-0.2, -0.15) is 0 Å². The van der Waals surface area contributed by atoms with Crippen LogP contribution in [-0.2, 0) is 7.05 Å². The number of nitrogens with zero attached hydrogens (tertiary/aromatic N) is 3. The molecular formula is C14H20ClN5O. The van der Waals surface area contributed by atoms with Gasteiger partial charge in [0.2, 0.25) is 0 Å². The van der Waals surface area contributed by atoms with E-state index in [9.17, 15) is 4.79 Å². The first-order chi connectivity index (χ1) is 9.65. The number of rotatable bonds is 2. The number of carbonyl (C=O) groups is 1. The van der Waals surface area contributed by atoms with Gasteiger partial charge in [0, 0.05) is 18.7 Å². The van der Waals surface area contributed by atoms with E-state index in [1.165, 1.54) is 0 Å². The van der Waals surface area contributed by atoms with E-state index < -0.39 is 0 Å². The van der Waals surface area contributed by atoms with Crippen molar-refractivity contribution in [3.05, 3.63) is 23.8 Å². The highest BCUT2D eigenvalue weighted by atomic mass is 35.5. The molecule has 1 saturated heterocycles. The van der Waals surface area contributed by atoms with E-state index in [-0.39, 0.29) is 24.4 Å². The van der Waals surface area contributed by atoms with Gasteiger partial charge in [0.05, 0.1) is 5.52 Å². The highest BCUT2D eigenvalue weighted by molar-refractivity contribution is 5.97. The maximum atomic E-state index is 12.3. The van der Waals surface area contributed by atoms with E-state index in [2.05, 4.69) is 27.9 Å². The summed E-state index contributed by atoms with van der Waals surface area (Å²) in [5.74, 6) is 0.421. The molecule has 21 heavy (non-hydrogen) atoms. The zero-order valence-electron chi connectivity index (χ0n) is 12.2. The standard InChI is InChI=1S/C14H19N5O.ClH/c1-9-8-15-6-5-11(9)16-14(20)10-3-4-13-12(7-10)17-18-19(13)2;/h3-4,7,9,11,15H,5-6,8H2,1-2H3,(H,16,20);1H. The van der Waals surface area contributed by atoms with E-state index in [0.29, 0.717) is 11.5 Å². The van der Waals surface area contributed by atoms with Crippen LogP contribution in [0.5, 0.6) is 0 Å². The maximum Gasteiger partial charge on any atom is 0.251 e. The molecule has 1 fully saturated rings. The lowest BCUT2D eigenvalue weighted by Crippen LogP contribution is -2.48. The Morgan fingerprint density at radius 3 is 3.05 bits per heavy atom. The Kier molecular flexibility index (Phi) is 4.80. The van der Waals surface area contributed by atoms with Crippen LogP contribution in [0.2, 0.25) is 0 Å². The highest BCUT2D eigenvalue weighted by Crippen LogP contribution is 2.15. The second kappa shape index (κ2) is 6.41. The smallest absolute Gasteiger partial charge is 0.251 e. The summed E-state index contributed by atoms with van der Waals surface area (Å²) >= 11 is 0. The summed E-state index contributed by atoms with van der Waals surface area (Å²) in [6.45, 7) is 4.07. The zero-order chi connectivity index (χ0) is 14.1. The SMILES string of the molecule is CC1CNCCC1NC(=O)c1ccc2c(c1)nnn2C.Cl. The summed E-state index contributed by atoms with van der Waals surface area (Å²) < 4.78 is 1.70. The Bertz CT molecular complexity index is 641. The molecule has 3 rings (SSSR count). The average molecular weight is 310 g/mol. The third-order valence-corrected chi connectivity index (χ3v) is 3.97. The van der Waals surface area contributed by atoms with E-state index in [4.69, 9.17) is 0 Å². The summed E-state index contributed by atoms with van der Waals surface area (Å²) in [6, 6.07) is 5.74. The molecule has 7 heteroatoms. The second-order valence-electron chi connectivity index (χ2n) is 5.47. The van der Waals surface area contributed by atoms with Gasteiger partial charge in [-0.25, -0.2) is 4.68 Å². The number of hydrogen-bond acceptors (Lipinski definition) is 4. The Balaban J connectivity index is 0.00000161. The number of fused-ring (bicyclic) bond motifs is 1. The van der Waals surface area contributed by atoms with Gasteiger partial charge < -0.3 is 10.6 Å². The van der Waals surface area contributed by atoms with E-state index in [1.807, 2.05) is 19.2 Å². The van der Waals surface area contributed by atoms with Crippen molar-refractivity contribution in [1.82, 2.24) is 25.6 Å². The topological polar surface area (TPSA) is 71.8 Å². The minimum absolute atomic E-state index is 0. The zero-order valence-corrected chi connectivity index (χ0v) is 13.0. The molecule has 6 nitrogen and oxygen atoms in total. The molecule has 1 amide bonds. The Labute approximate surface area is 129 Å². The molecule has 2 unspecified atom stereocenters. The molecule has 0 bridgehead atoms. The predicted molar refractivity (Wildman–Crippen MR) is 83.7 cm³/mol. The fraction of sp³-hybridized carbons (Fsp3) is 0.500. The molecule has 1 aromatic carbocycles. The molecule has 1 aliphatic heterocycles. The van der Waals surface area contributed by atoms with Crippen molar-refractivity contribution >= 4 is 29.3 Å². The molecule has 114 valence electrons. The molecule has 2 N–H and O–H groups in total. The minimum atomic E-state index is -0.0312. The van der Waals surface area contributed by atoms with Crippen molar-refractivity contribution < 1.29 is 4.79 Å². The van der Waals surface area contributed by atoms with Crippen LogP contribution in [0.15, 0.2) is 18.2 Å². The Morgan fingerprint density at radius 1 is 1.48 bits per heavy atom. The summed E-state index contributed by atoms with van der Waals surface area (Å²) in [5, 5.41) is 14.5. The number of hydrogen-bond donors (Lipinski definition) is 2. The maximum absolute atomic E-state index is 12.3. The van der Waals surface area contributed by atoms with Crippen molar-refractivity contribution in [2.45, 2.75) is 19.4 Å². The molecule has 0 aliphatic carbocycles. The van der Waals surface area contributed by atoms with Crippen LogP contribution >= 0.6 is 12.4 Å². The highest BCUT2D eigenvalue weighted by Gasteiger charge is 2.23. The van der Waals surface area contributed by atoms with Gasteiger partial charge in [-0.1, -0.05) is 12.1 Å². The average Bonchev–Trinajstić information content (AvgIpc) is 2.82. The number of aryl methyl sites for hydroxylation is 1. The van der Waals surface area contributed by atoms with Crippen LogP contribution < -0.4 is 10.6 Å². The fourth-order valence-electron chi connectivity index (χ4n) is 2.66. The number of benzene rings is 1. The largest absolute Gasteiger partial charge is 0.349 e. The lowest BCUT2D eigenvalue weighted by Gasteiger charge is -2.30. The lowest BCUT2D eigenvalue weighted by atomic mass is 9.95. The van der Waals surface area contributed by atoms with E-state index in [0.717, 1.165) is 30.5 Å². The first-order valence-electron chi connectivity index (χ1n) is 6.96. The molecule has 2 aromatic rings. The summed E-state index contributed by atoms with van der Waals surface area (Å²) in [4.78, 5) is 12.3. The van der Waals surface area contributed by atoms with Crippen molar-refractivity contribution in [1.29, 1.82) is 0 Å². The normalized spacial score (nSPS) is 21.8. The molecule has 0 saturated carbocycles. The predicted octanol–water partition coefficient (Wildman–Crippen LogP) is 1.12. The van der Waals surface area contributed by atoms with Gasteiger partial charge in [-0.05, 0) is 43.6 Å². The van der Waals surface area contributed by atoms with Gasteiger partial charge in [-0.3, -0.25) is 4.79 Å². The molecule has 0 radical (unpaired) electrons. The van der Waals surface area contributed by atoms with Crippen LogP contribution in [0.1, 0.15) is 23.7 Å². The van der Waals surface area contributed by atoms with Gasteiger partial charge >= 0.3 is 0 Å². The first-order valence-corrected chi connectivity index (χ1v) is 6.96. The summed E-state index contributed by atoms with van der Waals surface area (Å²) in [5.41, 5.74) is 2.32. The molecule has 2 heterocycles. The van der Waals surface area contributed by atoms with Crippen LogP contribution in [0.4, 0.5) is 0 Å². The Morgan fingerprint density at radius 2 is 2.29 bits per heavy atom. The van der Waals surface area contributed by atoms with Gasteiger partial charge in [0.1, 0.15) is 5.52 Å². The van der Waals surface area contributed by atoms with Crippen LogP contribution in [0.25, 0.3) is 11.0 Å². The number of amides is 1.